The summed E-state index contributed by atoms with van der Waals surface area (Å²) in [4.78, 5) is 0. The fourth-order valence-corrected chi connectivity index (χ4v) is 2.67. The average molecular weight is 326 g/mol. The lowest BCUT2D eigenvalue weighted by Gasteiger charge is -2.15. The molecule has 0 bridgehead atoms. The van der Waals surface area contributed by atoms with Crippen LogP contribution < -0.4 is 9.47 Å². The fourth-order valence-electron chi connectivity index (χ4n) is 2.67. The molecule has 0 unspecified atom stereocenters. The van der Waals surface area contributed by atoms with Crippen molar-refractivity contribution >= 4 is 0 Å². The largest absolute Gasteiger partial charge is 0.493 e. The van der Waals surface area contributed by atoms with Crippen LogP contribution in [0.5, 0.6) is 11.5 Å². The highest BCUT2D eigenvalue weighted by Crippen LogP contribution is 2.36. The zero-order chi connectivity index (χ0) is 17.0. The number of hydrogen-bond acceptors (Lipinski definition) is 2. The molecular weight excluding hydrogens is 296 g/mol. The van der Waals surface area contributed by atoms with E-state index in [2.05, 4.69) is 44.2 Å². The Morgan fingerprint density at radius 3 is 1.62 bits per heavy atom. The van der Waals surface area contributed by atoms with Crippen LogP contribution in [-0.4, -0.2) is 13.2 Å². The lowest BCUT2D eigenvalue weighted by atomic mass is 10.0. The number of para-hydroxylation sites is 2. The minimum atomic E-state index is 0.757. The molecule has 0 heterocycles. The minimum absolute atomic E-state index is 0.757. The maximum atomic E-state index is 6.06. The normalized spacial score (nSPS) is 10.6. The topological polar surface area (TPSA) is 18.5 Å². The van der Waals surface area contributed by atoms with Gasteiger partial charge in [-0.3, -0.25) is 0 Å². The lowest BCUT2D eigenvalue weighted by molar-refractivity contribution is 0.303. The number of rotatable bonds is 11. The third-order valence-electron chi connectivity index (χ3n) is 4.08. The van der Waals surface area contributed by atoms with E-state index in [4.69, 9.17) is 9.47 Å². The van der Waals surface area contributed by atoms with Crippen LogP contribution in [0.25, 0.3) is 11.1 Å². The first-order valence-electron chi connectivity index (χ1n) is 9.30. The molecule has 0 aliphatic carbocycles. The Hall–Kier alpha value is -1.96. The van der Waals surface area contributed by atoms with Crippen LogP contribution in [0.3, 0.4) is 0 Å². The van der Waals surface area contributed by atoms with Crippen molar-refractivity contribution in [2.45, 2.75) is 52.4 Å². The summed E-state index contributed by atoms with van der Waals surface area (Å²) in [5, 5.41) is 0. The summed E-state index contributed by atoms with van der Waals surface area (Å²) in [6.07, 6.45) is 7.08. The second-order valence-electron chi connectivity index (χ2n) is 6.10. The molecule has 2 rings (SSSR count). The Bertz CT molecular complexity index is 592. The van der Waals surface area contributed by atoms with Crippen molar-refractivity contribution in [3.8, 4) is 22.6 Å². The molecule has 0 aromatic heterocycles. The number of ether oxygens (including phenoxy) is 2. The fraction of sp³-hybridized carbons (Fsp3) is 0.455. The van der Waals surface area contributed by atoms with Gasteiger partial charge in [-0.1, -0.05) is 75.9 Å². The van der Waals surface area contributed by atoms with Crippen molar-refractivity contribution in [2.75, 3.05) is 13.2 Å². The molecule has 2 heteroatoms. The van der Waals surface area contributed by atoms with Gasteiger partial charge >= 0.3 is 0 Å². The van der Waals surface area contributed by atoms with Gasteiger partial charge in [0.05, 0.1) is 13.2 Å². The van der Waals surface area contributed by atoms with Gasteiger partial charge in [0, 0.05) is 11.1 Å². The molecule has 0 amide bonds. The van der Waals surface area contributed by atoms with Gasteiger partial charge in [-0.25, -0.2) is 0 Å². The molecule has 0 radical (unpaired) electrons. The molecular formula is C22H30O2. The first-order chi connectivity index (χ1) is 11.9. The van der Waals surface area contributed by atoms with Gasteiger partial charge in [0.1, 0.15) is 11.5 Å². The molecule has 24 heavy (non-hydrogen) atoms. The summed E-state index contributed by atoms with van der Waals surface area (Å²) in [5.41, 5.74) is 2.22. The molecule has 0 saturated heterocycles. The van der Waals surface area contributed by atoms with Crippen LogP contribution in [0.2, 0.25) is 0 Å². The van der Waals surface area contributed by atoms with Crippen molar-refractivity contribution in [3.63, 3.8) is 0 Å². The summed E-state index contributed by atoms with van der Waals surface area (Å²) in [5.74, 6) is 1.88. The third kappa shape index (κ3) is 5.59. The summed E-state index contributed by atoms with van der Waals surface area (Å²) in [6, 6.07) is 16.5. The van der Waals surface area contributed by atoms with Crippen LogP contribution in [0.1, 0.15) is 52.4 Å². The number of unbranched alkanes of at least 4 members (excludes halogenated alkanes) is 4. The van der Waals surface area contributed by atoms with Crippen molar-refractivity contribution in [1.82, 2.24) is 0 Å². The van der Waals surface area contributed by atoms with Gasteiger partial charge in [0.25, 0.3) is 0 Å². The van der Waals surface area contributed by atoms with Gasteiger partial charge in [0.15, 0.2) is 0 Å². The van der Waals surface area contributed by atoms with E-state index in [1.165, 1.54) is 19.3 Å². The molecule has 0 aliphatic rings. The van der Waals surface area contributed by atoms with Gasteiger partial charge in [-0.15, -0.1) is 0 Å². The van der Waals surface area contributed by atoms with Crippen LogP contribution in [0.15, 0.2) is 48.5 Å². The second kappa shape index (κ2) is 10.7. The highest BCUT2D eigenvalue weighted by molar-refractivity contribution is 5.75. The summed E-state index contributed by atoms with van der Waals surface area (Å²) in [7, 11) is 0. The van der Waals surface area contributed by atoms with Gasteiger partial charge in [-0.2, -0.15) is 0 Å². The van der Waals surface area contributed by atoms with E-state index in [9.17, 15) is 0 Å². The van der Waals surface area contributed by atoms with Crippen LogP contribution in [0, 0.1) is 0 Å². The van der Waals surface area contributed by atoms with Crippen molar-refractivity contribution < 1.29 is 9.47 Å². The van der Waals surface area contributed by atoms with E-state index in [0.717, 1.165) is 55.1 Å². The zero-order valence-corrected chi connectivity index (χ0v) is 15.1. The van der Waals surface area contributed by atoms with Crippen molar-refractivity contribution in [1.29, 1.82) is 0 Å². The van der Waals surface area contributed by atoms with Gasteiger partial charge in [0.2, 0.25) is 0 Å². The van der Waals surface area contributed by atoms with Gasteiger partial charge < -0.3 is 9.47 Å². The van der Waals surface area contributed by atoms with E-state index in [-0.39, 0.29) is 0 Å². The van der Waals surface area contributed by atoms with E-state index < -0.39 is 0 Å². The second-order valence-corrected chi connectivity index (χ2v) is 6.10. The molecule has 0 N–H and O–H groups in total. The molecule has 0 saturated carbocycles. The lowest BCUT2D eigenvalue weighted by Crippen LogP contribution is -2.01. The maximum Gasteiger partial charge on any atom is 0.127 e. The monoisotopic (exact) mass is 326 g/mol. The van der Waals surface area contributed by atoms with E-state index in [1.807, 2.05) is 18.2 Å². The SMILES string of the molecule is CCCCCCOc1ccccc1-c1ccccc1OCCCC. The zero-order valence-electron chi connectivity index (χ0n) is 15.1. The van der Waals surface area contributed by atoms with E-state index in [0.29, 0.717) is 0 Å². The number of hydrogen-bond donors (Lipinski definition) is 0. The van der Waals surface area contributed by atoms with E-state index in [1.54, 1.807) is 0 Å². The Morgan fingerprint density at radius 1 is 0.583 bits per heavy atom. The van der Waals surface area contributed by atoms with Crippen molar-refractivity contribution in [3.05, 3.63) is 48.5 Å². The summed E-state index contributed by atoms with van der Waals surface area (Å²) < 4.78 is 12.1. The molecule has 2 nitrogen and oxygen atoms in total. The molecule has 130 valence electrons. The minimum Gasteiger partial charge on any atom is -0.493 e. The molecule has 0 atom stereocenters. The molecule has 0 spiro atoms. The first kappa shape index (κ1) is 18.4. The maximum absolute atomic E-state index is 6.06. The third-order valence-corrected chi connectivity index (χ3v) is 4.08. The smallest absolute Gasteiger partial charge is 0.127 e. The Morgan fingerprint density at radius 2 is 1.08 bits per heavy atom. The predicted molar refractivity (Wildman–Crippen MR) is 102 cm³/mol. The standard InChI is InChI=1S/C22H30O2/c1-3-5-7-12-18-24-22-16-11-9-14-20(22)19-13-8-10-15-21(19)23-17-6-4-2/h8-11,13-16H,3-7,12,17-18H2,1-2H3. The van der Waals surface area contributed by atoms with Crippen LogP contribution >= 0.6 is 0 Å². The molecule has 0 aliphatic heterocycles. The molecule has 2 aromatic carbocycles. The van der Waals surface area contributed by atoms with Crippen LogP contribution in [0.4, 0.5) is 0 Å². The van der Waals surface area contributed by atoms with Gasteiger partial charge in [-0.05, 0) is 25.0 Å². The van der Waals surface area contributed by atoms with Crippen LogP contribution in [-0.2, 0) is 0 Å². The Balaban J connectivity index is 2.11. The quantitative estimate of drug-likeness (QED) is 0.439. The van der Waals surface area contributed by atoms with E-state index >= 15 is 0 Å². The molecule has 2 aromatic rings. The first-order valence-corrected chi connectivity index (χ1v) is 9.30. The summed E-state index contributed by atoms with van der Waals surface area (Å²) in [6.45, 7) is 5.94. The Labute approximate surface area is 146 Å². The van der Waals surface area contributed by atoms with Crippen molar-refractivity contribution in [2.24, 2.45) is 0 Å². The Kier molecular flexibility index (Phi) is 8.23. The highest BCUT2D eigenvalue weighted by atomic mass is 16.5. The molecule has 0 fully saturated rings. The average Bonchev–Trinajstić information content (AvgIpc) is 2.63. The highest BCUT2D eigenvalue weighted by Gasteiger charge is 2.11. The number of benzene rings is 2. The predicted octanol–water partition coefficient (Wildman–Crippen LogP) is 6.49. The summed E-state index contributed by atoms with van der Waals surface area (Å²) >= 11 is 0.